The molecule has 0 aromatic rings. The quantitative estimate of drug-likeness (QED) is 0.180. The molecule has 0 aromatic heterocycles. The van der Waals surface area contributed by atoms with Crippen LogP contribution < -0.4 is 10.6 Å². The van der Waals surface area contributed by atoms with Crippen molar-refractivity contribution in [3.05, 3.63) is 12.2 Å². The summed E-state index contributed by atoms with van der Waals surface area (Å²) in [7, 11) is 0. The van der Waals surface area contributed by atoms with Crippen LogP contribution in [0.2, 0.25) is 0 Å². The first-order chi connectivity index (χ1) is 22.3. The second kappa shape index (κ2) is 12.1. The van der Waals surface area contributed by atoms with Crippen molar-refractivity contribution in [3.8, 4) is 0 Å². The Morgan fingerprint density at radius 2 is 1.62 bits per heavy atom. The highest BCUT2D eigenvalue weighted by Gasteiger charge is 2.71. The van der Waals surface area contributed by atoms with E-state index in [0.717, 1.165) is 51.6 Å². The molecule has 7 nitrogen and oxygen atoms in total. The van der Waals surface area contributed by atoms with Crippen LogP contribution in [0.25, 0.3) is 0 Å². The van der Waals surface area contributed by atoms with Gasteiger partial charge < -0.3 is 20.5 Å². The maximum absolute atomic E-state index is 13.6. The van der Waals surface area contributed by atoms with E-state index in [4.69, 9.17) is 4.74 Å². The highest BCUT2D eigenvalue weighted by Crippen LogP contribution is 2.78. The van der Waals surface area contributed by atoms with Gasteiger partial charge in [-0.15, -0.1) is 0 Å². The minimum Gasteiger partial charge on any atom is -0.481 e. The molecule has 6 aliphatic rings. The molecule has 0 bridgehead atoms. The number of amides is 1. The number of nitrogens with one attached hydrogen (secondary N) is 2. The summed E-state index contributed by atoms with van der Waals surface area (Å²) in [5.74, 6) is 1.56. The first-order valence-electron chi connectivity index (χ1n) is 19.4. The standard InChI is InChI=1S/C41H66N2O5/c1-25(2)27-12-18-41(22-32(44)43-26-15-21-42-24-26)20-19-39(8)28(34(27)41)10-11-30-38(7)16-14-31(48-33(45)23-36(3,4)35(46)47)37(5,6)29(38)13-17-40(30,39)9/h26-31,34,42H,1,10-24H2,2-9H3,(H,43,44)(H,46,47)/t26?,27-,28+,29-,30+,31-,34+,38-,39+,40+,41+/m0/s1. The van der Waals surface area contributed by atoms with Gasteiger partial charge >= 0.3 is 11.9 Å². The van der Waals surface area contributed by atoms with Crippen molar-refractivity contribution in [3.63, 3.8) is 0 Å². The molecule has 11 atom stereocenters. The lowest BCUT2D eigenvalue weighted by Gasteiger charge is -2.73. The summed E-state index contributed by atoms with van der Waals surface area (Å²) in [5.41, 5.74) is 0.637. The summed E-state index contributed by atoms with van der Waals surface area (Å²) in [5, 5.41) is 16.4. The summed E-state index contributed by atoms with van der Waals surface area (Å²) < 4.78 is 6.17. The minimum absolute atomic E-state index is 0.0767. The molecule has 6 fully saturated rings. The third-order valence-electron chi connectivity index (χ3n) is 16.6. The smallest absolute Gasteiger partial charge is 0.309 e. The molecule has 5 aliphatic carbocycles. The molecule has 48 heavy (non-hydrogen) atoms. The van der Waals surface area contributed by atoms with E-state index < -0.39 is 11.4 Å². The Balaban J connectivity index is 1.24. The van der Waals surface area contributed by atoms with Crippen molar-refractivity contribution >= 4 is 17.8 Å². The molecule has 5 saturated carbocycles. The highest BCUT2D eigenvalue weighted by atomic mass is 16.5. The lowest BCUT2D eigenvalue weighted by Crippen LogP contribution is -2.67. The third-order valence-corrected chi connectivity index (χ3v) is 16.6. The zero-order chi connectivity index (χ0) is 35.1. The Bertz CT molecular complexity index is 1320. The Kier molecular flexibility index (Phi) is 9.07. The van der Waals surface area contributed by atoms with E-state index in [9.17, 15) is 19.5 Å². The number of hydrogen-bond donors (Lipinski definition) is 3. The summed E-state index contributed by atoms with van der Waals surface area (Å²) in [4.78, 5) is 38.4. The molecule has 1 aliphatic heterocycles. The van der Waals surface area contributed by atoms with Crippen molar-refractivity contribution < 1.29 is 24.2 Å². The van der Waals surface area contributed by atoms with Gasteiger partial charge in [-0.1, -0.05) is 46.8 Å². The number of rotatable bonds is 8. The van der Waals surface area contributed by atoms with Crippen LogP contribution in [0, 0.1) is 62.1 Å². The van der Waals surface area contributed by atoms with Crippen LogP contribution >= 0.6 is 0 Å². The number of esters is 1. The van der Waals surface area contributed by atoms with E-state index >= 15 is 0 Å². The predicted molar refractivity (Wildman–Crippen MR) is 189 cm³/mol. The number of aliphatic carboxylic acids is 1. The first kappa shape index (κ1) is 35.9. The van der Waals surface area contributed by atoms with Gasteiger partial charge in [0.1, 0.15) is 6.10 Å². The van der Waals surface area contributed by atoms with E-state index in [-0.39, 0.29) is 57.5 Å². The molecular weight excluding hydrogens is 600 g/mol. The van der Waals surface area contributed by atoms with Gasteiger partial charge in [-0.3, -0.25) is 14.4 Å². The van der Waals surface area contributed by atoms with Crippen LogP contribution in [0.5, 0.6) is 0 Å². The highest BCUT2D eigenvalue weighted by molar-refractivity contribution is 5.81. The number of carboxylic acid groups (broad SMARTS) is 1. The van der Waals surface area contributed by atoms with Crippen LogP contribution in [0.3, 0.4) is 0 Å². The number of ether oxygens (including phenoxy) is 1. The SMILES string of the molecule is C=C(C)[C@@H]1CC[C@]2(CC(=O)NC3CCNC3)CC[C@]3(C)[C@H](CC[C@@H]4[C@@]5(C)CC[C@H](OC(=O)CC(C)(C)C(=O)O)C(C)(C)[C@@H]5CC[C@]43C)[C@@H]12. The Hall–Kier alpha value is -1.89. The van der Waals surface area contributed by atoms with Gasteiger partial charge in [-0.2, -0.15) is 0 Å². The second-order valence-electron chi connectivity index (χ2n) is 19.7. The zero-order valence-corrected chi connectivity index (χ0v) is 31.4. The maximum atomic E-state index is 13.6. The van der Waals surface area contributed by atoms with Crippen molar-refractivity contribution in [2.45, 2.75) is 151 Å². The van der Waals surface area contributed by atoms with Crippen molar-refractivity contribution in [2.24, 2.45) is 62.1 Å². The average Bonchev–Trinajstić information content (AvgIpc) is 3.63. The van der Waals surface area contributed by atoms with Crippen LogP contribution in [0.1, 0.15) is 139 Å². The maximum Gasteiger partial charge on any atom is 0.309 e. The number of allylic oxidation sites excluding steroid dienone is 1. The number of carbonyl (C=O) groups excluding carboxylic acids is 2. The number of hydrogen-bond acceptors (Lipinski definition) is 5. The van der Waals surface area contributed by atoms with Gasteiger partial charge in [0, 0.05) is 24.4 Å². The summed E-state index contributed by atoms with van der Waals surface area (Å²) in [6, 6.07) is 0.268. The lowest BCUT2D eigenvalue weighted by atomic mass is 9.32. The van der Waals surface area contributed by atoms with Crippen LogP contribution in [-0.4, -0.2) is 48.2 Å². The fourth-order valence-electron chi connectivity index (χ4n) is 13.8. The second-order valence-corrected chi connectivity index (χ2v) is 19.7. The fraction of sp³-hybridized carbons (Fsp3) is 0.878. The molecule has 1 amide bonds. The van der Waals surface area contributed by atoms with E-state index in [1.165, 1.54) is 37.7 Å². The molecule has 6 rings (SSSR count). The third kappa shape index (κ3) is 5.50. The van der Waals surface area contributed by atoms with E-state index in [2.05, 4.69) is 58.8 Å². The minimum atomic E-state index is -1.14. The first-order valence-corrected chi connectivity index (χ1v) is 19.4. The topological polar surface area (TPSA) is 105 Å². The molecule has 0 radical (unpaired) electrons. The average molecular weight is 667 g/mol. The van der Waals surface area contributed by atoms with Crippen molar-refractivity contribution in [1.29, 1.82) is 0 Å². The molecule has 0 aromatic carbocycles. The Morgan fingerprint density at radius 3 is 2.27 bits per heavy atom. The molecule has 7 heteroatoms. The summed E-state index contributed by atoms with van der Waals surface area (Å²) in [6.45, 7) is 24.3. The Labute approximate surface area is 290 Å². The lowest BCUT2D eigenvalue weighted by molar-refractivity contribution is -0.250. The molecule has 3 N–H and O–H groups in total. The molecule has 0 spiro atoms. The van der Waals surface area contributed by atoms with Crippen LogP contribution in [0.15, 0.2) is 12.2 Å². The molecular formula is C41H66N2O5. The van der Waals surface area contributed by atoms with Gasteiger partial charge in [0.2, 0.25) is 5.91 Å². The summed E-state index contributed by atoms with van der Waals surface area (Å²) in [6.07, 6.45) is 12.7. The van der Waals surface area contributed by atoms with Gasteiger partial charge in [0.25, 0.3) is 0 Å². The monoisotopic (exact) mass is 666 g/mol. The molecule has 270 valence electrons. The molecule has 1 saturated heterocycles. The van der Waals surface area contributed by atoms with Crippen molar-refractivity contribution in [2.75, 3.05) is 13.1 Å². The van der Waals surface area contributed by atoms with Gasteiger partial charge in [0.05, 0.1) is 11.8 Å². The van der Waals surface area contributed by atoms with Crippen LogP contribution in [0.4, 0.5) is 0 Å². The van der Waals surface area contributed by atoms with Gasteiger partial charge in [0.15, 0.2) is 0 Å². The number of fused-ring (bicyclic) bond motifs is 7. The zero-order valence-electron chi connectivity index (χ0n) is 31.4. The van der Waals surface area contributed by atoms with E-state index in [0.29, 0.717) is 36.0 Å². The van der Waals surface area contributed by atoms with Gasteiger partial charge in [-0.05, 0) is 149 Å². The fourth-order valence-corrected chi connectivity index (χ4v) is 13.8. The van der Waals surface area contributed by atoms with Crippen molar-refractivity contribution in [1.82, 2.24) is 10.6 Å². The summed E-state index contributed by atoms with van der Waals surface area (Å²) >= 11 is 0. The molecule has 1 unspecified atom stereocenters. The predicted octanol–water partition coefficient (Wildman–Crippen LogP) is 7.92. The van der Waals surface area contributed by atoms with E-state index in [1.54, 1.807) is 13.8 Å². The Morgan fingerprint density at radius 1 is 0.896 bits per heavy atom. The largest absolute Gasteiger partial charge is 0.481 e. The van der Waals surface area contributed by atoms with Gasteiger partial charge in [-0.25, -0.2) is 0 Å². The number of carboxylic acids is 1. The molecule has 1 heterocycles. The van der Waals surface area contributed by atoms with Crippen LogP contribution in [-0.2, 0) is 19.1 Å². The van der Waals surface area contributed by atoms with E-state index in [1.807, 2.05) is 0 Å². The normalized spacial score (nSPS) is 44.8. The number of carbonyl (C=O) groups is 3.